The number of nitrogens with one attached hydrogen (secondary N) is 1. The SMILES string of the molecule is CCc1cc(C(C)O)c2c(c1)C(NS(C)(=O)=O)CCO2. The lowest BCUT2D eigenvalue weighted by Gasteiger charge is -2.29. The minimum Gasteiger partial charge on any atom is -0.493 e. The number of fused-ring (bicyclic) bond motifs is 1. The Hall–Kier alpha value is -1.11. The van der Waals surface area contributed by atoms with Crippen LogP contribution in [0.25, 0.3) is 0 Å². The van der Waals surface area contributed by atoms with E-state index >= 15 is 0 Å². The van der Waals surface area contributed by atoms with Gasteiger partial charge in [0.25, 0.3) is 0 Å². The van der Waals surface area contributed by atoms with Crippen molar-refractivity contribution in [3.05, 3.63) is 28.8 Å². The summed E-state index contributed by atoms with van der Waals surface area (Å²) in [6.45, 7) is 4.15. The van der Waals surface area contributed by atoms with Crippen LogP contribution in [0, 0.1) is 0 Å². The standard InChI is InChI=1S/C14H21NO4S/c1-4-10-7-11(9(2)16)14-12(8-10)13(5-6-19-14)15-20(3,17)18/h7-9,13,15-16H,4-6H2,1-3H3. The molecule has 2 rings (SSSR count). The van der Waals surface area contributed by atoms with Gasteiger partial charge in [-0.05, 0) is 25.0 Å². The maximum atomic E-state index is 11.5. The van der Waals surface area contributed by atoms with Crippen LogP contribution < -0.4 is 9.46 Å². The molecule has 20 heavy (non-hydrogen) atoms. The number of sulfonamides is 1. The third-order valence-electron chi connectivity index (χ3n) is 3.45. The molecule has 2 N–H and O–H groups in total. The van der Waals surface area contributed by atoms with Crippen molar-refractivity contribution in [2.24, 2.45) is 0 Å². The minimum atomic E-state index is -3.29. The number of aryl methyl sites for hydroxylation is 1. The average molecular weight is 299 g/mol. The van der Waals surface area contributed by atoms with E-state index < -0.39 is 16.1 Å². The number of aliphatic hydroxyl groups is 1. The van der Waals surface area contributed by atoms with Crippen LogP contribution >= 0.6 is 0 Å². The van der Waals surface area contributed by atoms with E-state index in [9.17, 15) is 13.5 Å². The molecule has 1 aromatic rings. The first kappa shape index (κ1) is 15.3. The van der Waals surface area contributed by atoms with E-state index in [0.717, 1.165) is 29.4 Å². The van der Waals surface area contributed by atoms with Gasteiger partial charge in [0.1, 0.15) is 5.75 Å². The molecule has 0 radical (unpaired) electrons. The fraction of sp³-hybridized carbons (Fsp3) is 0.571. The van der Waals surface area contributed by atoms with Gasteiger partial charge in [0, 0.05) is 17.5 Å². The van der Waals surface area contributed by atoms with Crippen LogP contribution in [0.1, 0.15) is 49.1 Å². The van der Waals surface area contributed by atoms with E-state index in [1.165, 1.54) is 0 Å². The molecule has 1 heterocycles. The quantitative estimate of drug-likeness (QED) is 0.887. The molecule has 0 saturated heterocycles. The second-order valence-corrected chi connectivity index (χ2v) is 6.99. The molecular formula is C14H21NO4S. The van der Waals surface area contributed by atoms with E-state index in [1.54, 1.807) is 6.92 Å². The number of rotatable bonds is 4. The first-order valence-corrected chi connectivity index (χ1v) is 8.66. The summed E-state index contributed by atoms with van der Waals surface area (Å²) in [7, 11) is -3.29. The zero-order valence-electron chi connectivity index (χ0n) is 12.0. The van der Waals surface area contributed by atoms with Crippen molar-refractivity contribution in [2.45, 2.75) is 38.8 Å². The highest BCUT2D eigenvalue weighted by atomic mass is 32.2. The zero-order valence-corrected chi connectivity index (χ0v) is 12.8. The third kappa shape index (κ3) is 3.31. The predicted octanol–water partition coefficient (Wildman–Crippen LogP) is 1.68. The molecule has 0 saturated carbocycles. The van der Waals surface area contributed by atoms with Gasteiger partial charge in [-0.3, -0.25) is 0 Å². The Kier molecular flexibility index (Phi) is 4.36. The van der Waals surface area contributed by atoms with Crippen molar-refractivity contribution in [1.29, 1.82) is 0 Å². The average Bonchev–Trinajstić information content (AvgIpc) is 2.36. The molecule has 0 aliphatic carbocycles. The highest BCUT2D eigenvalue weighted by molar-refractivity contribution is 7.88. The second kappa shape index (κ2) is 5.71. The van der Waals surface area contributed by atoms with Gasteiger partial charge in [0.05, 0.1) is 25.0 Å². The normalized spacial score (nSPS) is 20.1. The Balaban J connectivity index is 2.51. The molecule has 6 heteroatoms. The van der Waals surface area contributed by atoms with E-state index in [0.29, 0.717) is 18.8 Å². The van der Waals surface area contributed by atoms with Gasteiger partial charge in [-0.2, -0.15) is 0 Å². The first-order chi connectivity index (χ1) is 9.31. The van der Waals surface area contributed by atoms with Crippen LogP contribution in [0.5, 0.6) is 5.75 Å². The predicted molar refractivity (Wildman–Crippen MR) is 77.3 cm³/mol. The highest BCUT2D eigenvalue weighted by Crippen LogP contribution is 2.39. The molecule has 1 aliphatic rings. The van der Waals surface area contributed by atoms with Crippen LogP contribution in [-0.2, 0) is 16.4 Å². The van der Waals surface area contributed by atoms with Gasteiger partial charge < -0.3 is 9.84 Å². The van der Waals surface area contributed by atoms with Crippen LogP contribution in [0.4, 0.5) is 0 Å². The van der Waals surface area contributed by atoms with Crippen molar-refractivity contribution in [2.75, 3.05) is 12.9 Å². The summed E-state index contributed by atoms with van der Waals surface area (Å²) in [6, 6.07) is 3.59. The van der Waals surface area contributed by atoms with Gasteiger partial charge in [-0.1, -0.05) is 13.0 Å². The van der Waals surface area contributed by atoms with Crippen molar-refractivity contribution in [3.63, 3.8) is 0 Å². The van der Waals surface area contributed by atoms with Crippen LogP contribution in [0.3, 0.4) is 0 Å². The number of aliphatic hydroxyl groups excluding tert-OH is 1. The number of ether oxygens (including phenoxy) is 1. The monoisotopic (exact) mass is 299 g/mol. The molecule has 1 aliphatic heterocycles. The smallest absolute Gasteiger partial charge is 0.209 e. The largest absolute Gasteiger partial charge is 0.493 e. The summed E-state index contributed by atoms with van der Waals surface area (Å²) < 4.78 is 31.3. The maximum absolute atomic E-state index is 11.5. The maximum Gasteiger partial charge on any atom is 0.209 e. The molecule has 0 spiro atoms. The highest BCUT2D eigenvalue weighted by Gasteiger charge is 2.27. The number of hydrogen-bond donors (Lipinski definition) is 2. The van der Waals surface area contributed by atoms with Crippen molar-refractivity contribution < 1.29 is 18.3 Å². The lowest BCUT2D eigenvalue weighted by atomic mass is 9.93. The molecule has 0 bridgehead atoms. The van der Waals surface area contributed by atoms with Gasteiger partial charge in [0.15, 0.2) is 0 Å². The van der Waals surface area contributed by atoms with E-state index in [4.69, 9.17) is 4.74 Å². The molecular weight excluding hydrogens is 278 g/mol. The lowest BCUT2D eigenvalue weighted by Crippen LogP contribution is -2.32. The van der Waals surface area contributed by atoms with E-state index in [-0.39, 0.29) is 6.04 Å². The fourth-order valence-electron chi connectivity index (χ4n) is 2.49. The number of hydrogen-bond acceptors (Lipinski definition) is 4. The van der Waals surface area contributed by atoms with E-state index in [1.807, 2.05) is 19.1 Å². The van der Waals surface area contributed by atoms with Gasteiger partial charge in [-0.25, -0.2) is 13.1 Å². The summed E-state index contributed by atoms with van der Waals surface area (Å²) in [4.78, 5) is 0. The topological polar surface area (TPSA) is 75.6 Å². The van der Waals surface area contributed by atoms with E-state index in [2.05, 4.69) is 4.72 Å². The van der Waals surface area contributed by atoms with Crippen molar-refractivity contribution >= 4 is 10.0 Å². The summed E-state index contributed by atoms with van der Waals surface area (Å²) >= 11 is 0. The molecule has 2 atom stereocenters. The minimum absolute atomic E-state index is 0.294. The van der Waals surface area contributed by atoms with Gasteiger partial charge in [-0.15, -0.1) is 0 Å². The Labute approximate surface area is 120 Å². The number of benzene rings is 1. The zero-order chi connectivity index (χ0) is 14.9. The van der Waals surface area contributed by atoms with Crippen molar-refractivity contribution in [3.8, 4) is 5.75 Å². The first-order valence-electron chi connectivity index (χ1n) is 6.76. The van der Waals surface area contributed by atoms with Crippen molar-refractivity contribution in [1.82, 2.24) is 4.72 Å². The summed E-state index contributed by atoms with van der Waals surface area (Å²) in [5, 5.41) is 9.90. The molecule has 0 fully saturated rings. The van der Waals surface area contributed by atoms with Gasteiger partial charge in [0.2, 0.25) is 10.0 Å². The van der Waals surface area contributed by atoms with Gasteiger partial charge >= 0.3 is 0 Å². The molecule has 0 amide bonds. The fourth-order valence-corrected chi connectivity index (χ4v) is 3.26. The second-order valence-electron chi connectivity index (χ2n) is 5.21. The van der Waals surface area contributed by atoms with Crippen LogP contribution in [0.15, 0.2) is 12.1 Å². The molecule has 5 nitrogen and oxygen atoms in total. The molecule has 112 valence electrons. The van der Waals surface area contributed by atoms with Crippen LogP contribution in [0.2, 0.25) is 0 Å². The summed E-state index contributed by atoms with van der Waals surface area (Å²) in [6.07, 6.45) is 1.92. The Morgan fingerprint density at radius 3 is 2.75 bits per heavy atom. The summed E-state index contributed by atoms with van der Waals surface area (Å²) in [5.41, 5.74) is 2.60. The third-order valence-corrected chi connectivity index (χ3v) is 4.16. The Morgan fingerprint density at radius 2 is 2.20 bits per heavy atom. The molecule has 1 aromatic carbocycles. The Morgan fingerprint density at radius 1 is 1.50 bits per heavy atom. The lowest BCUT2D eigenvalue weighted by molar-refractivity contribution is 0.185. The summed E-state index contributed by atoms with van der Waals surface area (Å²) in [5.74, 6) is 0.615. The molecule has 0 aromatic heterocycles. The molecule has 2 unspecified atom stereocenters. The Bertz CT molecular complexity index is 595. The van der Waals surface area contributed by atoms with Crippen LogP contribution in [-0.4, -0.2) is 26.4 Å².